The maximum Gasteiger partial charge on any atom is 0.286 e. The fraction of sp³-hybridized carbons (Fsp3) is 0.200. The van der Waals surface area contributed by atoms with Gasteiger partial charge in [-0.2, -0.15) is 0 Å². The van der Waals surface area contributed by atoms with Gasteiger partial charge >= 0.3 is 0 Å². The first-order chi connectivity index (χ1) is 14.0. The van der Waals surface area contributed by atoms with E-state index in [4.69, 9.17) is 4.74 Å². The van der Waals surface area contributed by atoms with Gasteiger partial charge in [0.2, 0.25) is 5.91 Å². The molecule has 8 nitrogen and oxygen atoms in total. The Kier molecular flexibility index (Phi) is 6.50. The second kappa shape index (κ2) is 9.24. The molecular formula is C20H19N3O5S. The predicted molar refractivity (Wildman–Crippen MR) is 109 cm³/mol. The molecule has 29 heavy (non-hydrogen) atoms. The van der Waals surface area contributed by atoms with E-state index in [9.17, 15) is 19.2 Å². The molecule has 0 aromatic heterocycles. The number of amides is 4. The van der Waals surface area contributed by atoms with Crippen molar-refractivity contribution in [1.82, 2.24) is 10.6 Å². The molecule has 3 rings (SSSR count). The number of rotatable bonds is 7. The fourth-order valence-corrected chi connectivity index (χ4v) is 3.58. The van der Waals surface area contributed by atoms with Crippen molar-refractivity contribution in [3.63, 3.8) is 0 Å². The molecule has 2 aromatic rings. The van der Waals surface area contributed by atoms with Crippen LogP contribution in [-0.2, 0) is 16.0 Å². The lowest BCUT2D eigenvalue weighted by Gasteiger charge is -2.11. The number of carbonyl (C=O) groups is 4. The van der Waals surface area contributed by atoms with Crippen molar-refractivity contribution in [2.24, 2.45) is 0 Å². The van der Waals surface area contributed by atoms with Gasteiger partial charge in [0, 0.05) is 7.05 Å². The Morgan fingerprint density at radius 2 is 1.83 bits per heavy atom. The summed E-state index contributed by atoms with van der Waals surface area (Å²) in [6, 6.07) is 13.6. The van der Waals surface area contributed by atoms with Crippen LogP contribution in [0, 0.1) is 0 Å². The van der Waals surface area contributed by atoms with Gasteiger partial charge in [-0.15, -0.1) is 0 Å². The van der Waals surface area contributed by atoms with E-state index in [0.29, 0.717) is 23.4 Å². The smallest absolute Gasteiger partial charge is 0.286 e. The number of imide groups is 1. The van der Waals surface area contributed by atoms with E-state index in [2.05, 4.69) is 16.0 Å². The lowest BCUT2D eigenvalue weighted by Crippen LogP contribution is -2.25. The van der Waals surface area contributed by atoms with Gasteiger partial charge in [0.05, 0.1) is 16.5 Å². The lowest BCUT2D eigenvalue weighted by atomic mass is 10.1. The summed E-state index contributed by atoms with van der Waals surface area (Å²) < 4.78 is 5.48. The van der Waals surface area contributed by atoms with Crippen molar-refractivity contribution < 1.29 is 23.9 Å². The van der Waals surface area contributed by atoms with Gasteiger partial charge in [-0.1, -0.05) is 36.0 Å². The van der Waals surface area contributed by atoms with Crippen molar-refractivity contribution in [3.8, 4) is 5.75 Å². The third kappa shape index (κ3) is 5.35. The highest BCUT2D eigenvalue weighted by atomic mass is 32.2. The van der Waals surface area contributed by atoms with E-state index in [-0.39, 0.29) is 23.7 Å². The van der Waals surface area contributed by atoms with Crippen molar-refractivity contribution in [1.29, 1.82) is 0 Å². The molecule has 0 bridgehead atoms. The molecule has 1 aliphatic rings. The fourth-order valence-electron chi connectivity index (χ4n) is 2.72. The summed E-state index contributed by atoms with van der Waals surface area (Å²) in [5.41, 5.74) is 1.64. The SMILES string of the molecule is CNC(=O)c1ccccc1NC(=O)COc1ccc(CC2SC(=O)NC2=O)cc1. The summed E-state index contributed by atoms with van der Waals surface area (Å²) in [4.78, 5) is 46.9. The van der Waals surface area contributed by atoms with Gasteiger partial charge < -0.3 is 15.4 Å². The third-order valence-corrected chi connectivity index (χ3v) is 5.14. The summed E-state index contributed by atoms with van der Waals surface area (Å²) in [7, 11) is 1.52. The van der Waals surface area contributed by atoms with Gasteiger partial charge in [0.25, 0.3) is 17.1 Å². The molecule has 1 fully saturated rings. The molecular weight excluding hydrogens is 394 g/mol. The zero-order chi connectivity index (χ0) is 20.8. The van der Waals surface area contributed by atoms with E-state index in [0.717, 1.165) is 17.3 Å². The molecule has 0 aliphatic carbocycles. The molecule has 1 aliphatic heterocycles. The molecule has 1 atom stereocenters. The molecule has 150 valence electrons. The maximum absolute atomic E-state index is 12.2. The van der Waals surface area contributed by atoms with Crippen molar-refractivity contribution in [3.05, 3.63) is 59.7 Å². The largest absolute Gasteiger partial charge is 0.484 e. The Bertz CT molecular complexity index is 945. The first kappa shape index (κ1) is 20.4. The van der Waals surface area contributed by atoms with Crippen molar-refractivity contribution >= 4 is 40.4 Å². The number of carbonyl (C=O) groups excluding carboxylic acids is 4. The Morgan fingerprint density at radius 1 is 1.10 bits per heavy atom. The Hall–Kier alpha value is -3.33. The number of ether oxygens (including phenoxy) is 1. The highest BCUT2D eigenvalue weighted by Crippen LogP contribution is 2.24. The zero-order valence-corrected chi connectivity index (χ0v) is 16.4. The minimum absolute atomic E-state index is 0.225. The molecule has 3 N–H and O–H groups in total. The topological polar surface area (TPSA) is 114 Å². The quantitative estimate of drug-likeness (QED) is 0.639. The van der Waals surface area contributed by atoms with Crippen LogP contribution in [0.4, 0.5) is 10.5 Å². The second-order valence-corrected chi connectivity index (χ2v) is 7.37. The van der Waals surface area contributed by atoms with Gasteiger partial charge in [-0.3, -0.25) is 24.5 Å². The Balaban J connectivity index is 1.53. The summed E-state index contributed by atoms with van der Waals surface area (Å²) in [6.45, 7) is -0.225. The van der Waals surface area contributed by atoms with E-state index >= 15 is 0 Å². The minimum atomic E-state index is -0.430. The normalized spacial score (nSPS) is 15.6. The summed E-state index contributed by atoms with van der Waals surface area (Å²) in [5, 5.41) is 6.68. The van der Waals surface area contributed by atoms with Gasteiger partial charge in [0.1, 0.15) is 5.75 Å². The standard InChI is InChI=1S/C20H19N3O5S/c1-21-18(25)14-4-2-3-5-15(14)22-17(24)11-28-13-8-6-12(7-9-13)10-16-19(26)23-20(27)29-16/h2-9,16H,10-11H2,1H3,(H,21,25)(H,22,24)(H,23,26,27). The number of anilines is 1. The van der Waals surface area contributed by atoms with Crippen LogP contribution in [0.25, 0.3) is 0 Å². The van der Waals surface area contributed by atoms with Crippen LogP contribution in [0.1, 0.15) is 15.9 Å². The third-order valence-electron chi connectivity index (χ3n) is 4.15. The highest BCUT2D eigenvalue weighted by molar-refractivity contribution is 8.15. The molecule has 2 aromatic carbocycles. The number of hydrogen-bond acceptors (Lipinski definition) is 6. The van der Waals surface area contributed by atoms with Crippen LogP contribution >= 0.6 is 11.8 Å². The highest BCUT2D eigenvalue weighted by Gasteiger charge is 2.31. The molecule has 4 amide bonds. The number of thioether (sulfide) groups is 1. The zero-order valence-electron chi connectivity index (χ0n) is 15.6. The van der Waals surface area contributed by atoms with Crippen LogP contribution in [0.5, 0.6) is 5.75 Å². The molecule has 0 spiro atoms. The number of benzene rings is 2. The predicted octanol–water partition coefficient (Wildman–Crippen LogP) is 1.96. The van der Waals surface area contributed by atoms with E-state index in [1.54, 1.807) is 48.5 Å². The van der Waals surface area contributed by atoms with Crippen LogP contribution in [0.3, 0.4) is 0 Å². The lowest BCUT2D eigenvalue weighted by molar-refractivity contribution is -0.119. The van der Waals surface area contributed by atoms with E-state index in [1.165, 1.54) is 7.05 Å². The Labute approximate surface area is 171 Å². The summed E-state index contributed by atoms with van der Waals surface area (Å²) in [6.07, 6.45) is 0.430. The van der Waals surface area contributed by atoms with Crippen LogP contribution in [-0.4, -0.2) is 41.9 Å². The van der Waals surface area contributed by atoms with Crippen molar-refractivity contribution in [2.75, 3.05) is 19.0 Å². The van der Waals surface area contributed by atoms with Gasteiger partial charge in [0.15, 0.2) is 6.61 Å². The number of para-hydroxylation sites is 1. The minimum Gasteiger partial charge on any atom is -0.484 e. The molecule has 1 saturated heterocycles. The Morgan fingerprint density at radius 3 is 2.48 bits per heavy atom. The summed E-state index contributed by atoms with van der Waals surface area (Å²) in [5.74, 6) is -0.492. The molecule has 0 radical (unpaired) electrons. The first-order valence-electron chi connectivity index (χ1n) is 8.80. The summed E-state index contributed by atoms with van der Waals surface area (Å²) >= 11 is 0.980. The first-order valence-corrected chi connectivity index (χ1v) is 9.68. The molecule has 1 heterocycles. The number of nitrogens with one attached hydrogen (secondary N) is 3. The van der Waals surface area contributed by atoms with E-state index < -0.39 is 11.2 Å². The van der Waals surface area contributed by atoms with Crippen LogP contribution in [0.15, 0.2) is 48.5 Å². The average Bonchev–Trinajstić information content (AvgIpc) is 3.04. The van der Waals surface area contributed by atoms with Gasteiger partial charge in [-0.05, 0) is 36.2 Å². The monoisotopic (exact) mass is 413 g/mol. The maximum atomic E-state index is 12.2. The van der Waals surface area contributed by atoms with Gasteiger partial charge in [-0.25, -0.2) is 0 Å². The van der Waals surface area contributed by atoms with E-state index in [1.807, 2.05) is 0 Å². The molecule has 0 saturated carbocycles. The second-order valence-electron chi connectivity index (χ2n) is 6.19. The van der Waals surface area contributed by atoms with Crippen LogP contribution in [0.2, 0.25) is 0 Å². The average molecular weight is 413 g/mol. The van der Waals surface area contributed by atoms with Crippen LogP contribution < -0.4 is 20.7 Å². The van der Waals surface area contributed by atoms with Crippen molar-refractivity contribution in [2.45, 2.75) is 11.7 Å². The molecule has 9 heteroatoms. The molecule has 1 unspecified atom stereocenters. The number of hydrogen-bond donors (Lipinski definition) is 3.